The molecule has 4 nitrogen and oxygen atoms in total. The third-order valence-electron chi connectivity index (χ3n) is 2.21. The number of rotatable bonds is 7. The van der Waals surface area contributed by atoms with Gasteiger partial charge in [-0.15, -0.1) is 0 Å². The first-order valence-corrected chi connectivity index (χ1v) is 5.03. The van der Waals surface area contributed by atoms with Crippen LogP contribution in [0.5, 0.6) is 0 Å². The van der Waals surface area contributed by atoms with Crippen LogP contribution in [0.2, 0.25) is 0 Å². The number of carbonyl (C=O) groups is 1. The van der Waals surface area contributed by atoms with E-state index in [-0.39, 0.29) is 12.2 Å². The normalized spacial score (nSPS) is 12.7. The van der Waals surface area contributed by atoms with Crippen molar-refractivity contribution in [3.05, 3.63) is 24.2 Å². The van der Waals surface area contributed by atoms with Crippen LogP contribution in [0.25, 0.3) is 0 Å². The van der Waals surface area contributed by atoms with E-state index in [2.05, 4.69) is 0 Å². The van der Waals surface area contributed by atoms with Gasteiger partial charge in [-0.1, -0.05) is 0 Å². The summed E-state index contributed by atoms with van der Waals surface area (Å²) in [4.78, 5) is 11.6. The number of carbonyl (C=O) groups excluding carboxylic acids is 1. The summed E-state index contributed by atoms with van der Waals surface area (Å²) in [7, 11) is 1.64. The Kier molecular flexibility index (Phi) is 5.07. The first kappa shape index (κ1) is 11.9. The number of hydrogen-bond donors (Lipinski definition) is 1. The lowest BCUT2D eigenvalue weighted by Gasteiger charge is -2.08. The highest BCUT2D eigenvalue weighted by Crippen LogP contribution is 2.05. The molecule has 1 rings (SSSR count). The first-order valence-electron chi connectivity index (χ1n) is 5.03. The van der Waals surface area contributed by atoms with Gasteiger partial charge in [0, 0.05) is 13.7 Å². The second-order valence-electron chi connectivity index (χ2n) is 3.46. The van der Waals surface area contributed by atoms with E-state index in [1.165, 1.54) is 0 Å². The summed E-state index contributed by atoms with van der Waals surface area (Å²) in [5.74, 6) is 0.684. The summed E-state index contributed by atoms with van der Waals surface area (Å²) < 4.78 is 9.97. The highest BCUT2D eigenvalue weighted by molar-refractivity contribution is 5.85. The minimum Gasteiger partial charge on any atom is -0.469 e. The average molecular weight is 211 g/mol. The first-order chi connectivity index (χ1) is 7.24. The molecule has 0 radical (unpaired) electrons. The molecule has 1 atom stereocenters. The fourth-order valence-corrected chi connectivity index (χ4v) is 1.32. The fraction of sp³-hybridized carbons (Fsp3) is 0.545. The predicted molar refractivity (Wildman–Crippen MR) is 56.5 cm³/mol. The van der Waals surface area contributed by atoms with E-state index in [9.17, 15) is 4.79 Å². The summed E-state index contributed by atoms with van der Waals surface area (Å²) in [6.45, 7) is 0.641. The zero-order chi connectivity index (χ0) is 11.1. The van der Waals surface area contributed by atoms with Gasteiger partial charge in [0.15, 0.2) is 5.78 Å². The Morgan fingerprint density at radius 3 is 3.07 bits per heavy atom. The zero-order valence-corrected chi connectivity index (χ0v) is 8.94. The van der Waals surface area contributed by atoms with E-state index in [1.807, 2.05) is 0 Å². The highest BCUT2D eigenvalue weighted by Gasteiger charge is 2.14. The molecule has 15 heavy (non-hydrogen) atoms. The van der Waals surface area contributed by atoms with Crippen LogP contribution in [0.15, 0.2) is 22.8 Å². The quantitative estimate of drug-likeness (QED) is 0.687. The molecule has 0 aliphatic rings. The Hall–Kier alpha value is -1.13. The van der Waals surface area contributed by atoms with Crippen LogP contribution in [0.3, 0.4) is 0 Å². The van der Waals surface area contributed by atoms with Crippen LogP contribution >= 0.6 is 0 Å². The molecule has 0 aromatic carbocycles. The van der Waals surface area contributed by atoms with Gasteiger partial charge in [0.25, 0.3) is 0 Å². The lowest BCUT2D eigenvalue weighted by molar-refractivity contribution is -0.120. The number of methoxy groups -OCH3 is 1. The van der Waals surface area contributed by atoms with Crippen molar-refractivity contribution in [2.45, 2.75) is 25.3 Å². The Balaban J connectivity index is 2.27. The Morgan fingerprint density at radius 2 is 2.47 bits per heavy atom. The molecular formula is C11H17NO3. The third kappa shape index (κ3) is 4.27. The lowest BCUT2D eigenvalue weighted by atomic mass is 10.0. The van der Waals surface area contributed by atoms with Crippen LogP contribution in [0.4, 0.5) is 0 Å². The molecule has 0 aliphatic carbocycles. The van der Waals surface area contributed by atoms with E-state index in [0.29, 0.717) is 18.8 Å². The van der Waals surface area contributed by atoms with Gasteiger partial charge in [0.1, 0.15) is 5.76 Å². The lowest BCUT2D eigenvalue weighted by Crippen LogP contribution is -2.31. The Morgan fingerprint density at radius 1 is 1.67 bits per heavy atom. The van der Waals surface area contributed by atoms with Gasteiger partial charge in [0.05, 0.1) is 18.7 Å². The standard InChI is InChI=1S/C11H17NO3/c1-14-6-3-5-10(12)11(13)8-9-4-2-7-15-9/h2,4,7,10H,3,5-6,8,12H2,1H3. The SMILES string of the molecule is COCCCC(N)C(=O)Cc1ccco1. The fourth-order valence-electron chi connectivity index (χ4n) is 1.32. The molecular weight excluding hydrogens is 194 g/mol. The van der Waals surface area contributed by atoms with Crippen molar-refractivity contribution in [3.63, 3.8) is 0 Å². The van der Waals surface area contributed by atoms with Gasteiger partial charge in [0.2, 0.25) is 0 Å². The maximum atomic E-state index is 11.6. The van der Waals surface area contributed by atoms with Crippen LogP contribution < -0.4 is 5.73 Å². The topological polar surface area (TPSA) is 65.5 Å². The second-order valence-corrected chi connectivity index (χ2v) is 3.46. The molecule has 0 saturated carbocycles. The second kappa shape index (κ2) is 6.37. The Labute approximate surface area is 89.4 Å². The monoisotopic (exact) mass is 211 g/mol. The maximum Gasteiger partial charge on any atom is 0.157 e. The van der Waals surface area contributed by atoms with Gasteiger partial charge >= 0.3 is 0 Å². The molecule has 0 bridgehead atoms. The van der Waals surface area contributed by atoms with Crippen LogP contribution in [0, 0.1) is 0 Å². The van der Waals surface area contributed by atoms with E-state index in [0.717, 1.165) is 6.42 Å². The van der Waals surface area contributed by atoms with Gasteiger partial charge in [-0.3, -0.25) is 4.79 Å². The smallest absolute Gasteiger partial charge is 0.157 e. The summed E-state index contributed by atoms with van der Waals surface area (Å²) in [5, 5.41) is 0. The highest BCUT2D eigenvalue weighted by atomic mass is 16.5. The molecule has 0 fully saturated rings. The number of Topliss-reactive ketones (excluding diaryl/α,β-unsaturated/α-hetero) is 1. The average Bonchev–Trinajstić information content (AvgIpc) is 2.70. The van der Waals surface area contributed by atoms with Crippen molar-refractivity contribution in [2.24, 2.45) is 5.73 Å². The minimum absolute atomic E-state index is 0.0149. The largest absolute Gasteiger partial charge is 0.469 e. The molecule has 0 amide bonds. The molecule has 0 aliphatic heterocycles. The third-order valence-corrected chi connectivity index (χ3v) is 2.21. The van der Waals surface area contributed by atoms with Crippen molar-refractivity contribution >= 4 is 5.78 Å². The summed E-state index contributed by atoms with van der Waals surface area (Å²) in [5.41, 5.74) is 5.73. The number of nitrogens with two attached hydrogens (primary N) is 1. The van der Waals surface area contributed by atoms with Gasteiger partial charge < -0.3 is 14.9 Å². The summed E-state index contributed by atoms with van der Waals surface area (Å²) >= 11 is 0. The molecule has 0 saturated heterocycles. The van der Waals surface area contributed by atoms with E-state index in [1.54, 1.807) is 25.5 Å². The van der Waals surface area contributed by atoms with E-state index < -0.39 is 6.04 Å². The van der Waals surface area contributed by atoms with E-state index >= 15 is 0 Å². The number of hydrogen-bond acceptors (Lipinski definition) is 4. The van der Waals surface area contributed by atoms with Crippen molar-refractivity contribution in [2.75, 3.05) is 13.7 Å². The molecule has 84 valence electrons. The van der Waals surface area contributed by atoms with Gasteiger partial charge in [-0.05, 0) is 25.0 Å². The Bertz CT molecular complexity index is 282. The summed E-state index contributed by atoms with van der Waals surface area (Å²) in [6.07, 6.45) is 3.30. The molecule has 1 aromatic heterocycles. The molecule has 2 N–H and O–H groups in total. The number of ether oxygens (including phenoxy) is 1. The summed E-state index contributed by atoms with van der Waals surface area (Å²) in [6, 6.07) is 3.13. The van der Waals surface area contributed by atoms with Crippen molar-refractivity contribution < 1.29 is 13.9 Å². The molecule has 4 heteroatoms. The van der Waals surface area contributed by atoms with Gasteiger partial charge in [-0.2, -0.15) is 0 Å². The molecule has 1 aromatic rings. The van der Waals surface area contributed by atoms with Crippen LogP contribution in [0.1, 0.15) is 18.6 Å². The zero-order valence-electron chi connectivity index (χ0n) is 8.94. The number of ketones is 1. The maximum absolute atomic E-state index is 11.6. The van der Waals surface area contributed by atoms with Crippen LogP contribution in [-0.2, 0) is 16.0 Å². The number of furan rings is 1. The van der Waals surface area contributed by atoms with Crippen molar-refractivity contribution in [1.29, 1.82) is 0 Å². The molecule has 1 heterocycles. The minimum atomic E-state index is -0.412. The van der Waals surface area contributed by atoms with Gasteiger partial charge in [-0.25, -0.2) is 0 Å². The predicted octanol–water partition coefficient (Wildman–Crippen LogP) is 1.15. The van der Waals surface area contributed by atoms with Crippen molar-refractivity contribution in [1.82, 2.24) is 0 Å². The van der Waals surface area contributed by atoms with Crippen molar-refractivity contribution in [3.8, 4) is 0 Å². The molecule has 0 spiro atoms. The van der Waals surface area contributed by atoms with E-state index in [4.69, 9.17) is 14.9 Å². The van der Waals surface area contributed by atoms with Crippen LogP contribution in [-0.4, -0.2) is 25.5 Å². The molecule has 1 unspecified atom stereocenters.